The predicted molar refractivity (Wildman–Crippen MR) is 64.1 cm³/mol. The van der Waals surface area contributed by atoms with Crippen LogP contribution in [0.5, 0.6) is 0 Å². The average molecular weight is 250 g/mol. The molecule has 18 heavy (non-hydrogen) atoms. The van der Waals surface area contributed by atoms with Crippen molar-refractivity contribution in [1.29, 1.82) is 0 Å². The highest BCUT2D eigenvalue weighted by molar-refractivity contribution is 5.85. The van der Waals surface area contributed by atoms with Gasteiger partial charge in [0.1, 0.15) is 0 Å². The Bertz CT molecular complexity index is 423. The molecule has 0 aromatic carbocycles. The van der Waals surface area contributed by atoms with Crippen molar-refractivity contribution in [2.75, 3.05) is 6.54 Å². The molecule has 2 fully saturated rings. The summed E-state index contributed by atoms with van der Waals surface area (Å²) in [7, 11) is 0. The van der Waals surface area contributed by atoms with E-state index in [2.05, 4.69) is 10.5 Å². The topological polar surface area (TPSA) is 75.4 Å². The molecule has 2 N–H and O–H groups in total. The second-order valence-corrected chi connectivity index (χ2v) is 5.45. The number of nitrogens with zero attached hydrogens (tertiary/aromatic N) is 1. The minimum atomic E-state index is -1.04. The second kappa shape index (κ2) is 4.72. The Morgan fingerprint density at radius 1 is 1.44 bits per heavy atom. The molecule has 98 valence electrons. The summed E-state index contributed by atoms with van der Waals surface area (Å²) in [5, 5.41) is 15.6. The third kappa shape index (κ3) is 2.72. The fourth-order valence-electron chi connectivity index (χ4n) is 2.63. The van der Waals surface area contributed by atoms with Gasteiger partial charge in [-0.3, -0.25) is 0 Å². The SMILES string of the molecule is O=C(O)c1cc(CNCC(C2CC2)C2CC2)on1. The van der Waals surface area contributed by atoms with E-state index < -0.39 is 5.97 Å². The van der Waals surface area contributed by atoms with Crippen LogP contribution in [-0.4, -0.2) is 22.8 Å². The maximum atomic E-state index is 10.6. The summed E-state index contributed by atoms with van der Waals surface area (Å²) < 4.78 is 4.97. The van der Waals surface area contributed by atoms with Crippen LogP contribution in [0, 0.1) is 17.8 Å². The molecule has 5 heteroatoms. The van der Waals surface area contributed by atoms with Gasteiger partial charge in [-0.25, -0.2) is 4.79 Å². The highest BCUT2D eigenvalue weighted by Gasteiger charge is 2.40. The first-order valence-electron chi connectivity index (χ1n) is 6.63. The summed E-state index contributed by atoms with van der Waals surface area (Å²) in [5.41, 5.74) is -0.0206. The zero-order chi connectivity index (χ0) is 12.5. The Morgan fingerprint density at radius 2 is 2.11 bits per heavy atom. The lowest BCUT2D eigenvalue weighted by atomic mass is 9.98. The van der Waals surface area contributed by atoms with Crippen LogP contribution in [0.2, 0.25) is 0 Å². The number of hydrogen-bond donors (Lipinski definition) is 2. The van der Waals surface area contributed by atoms with Gasteiger partial charge < -0.3 is 14.9 Å². The Balaban J connectivity index is 1.46. The van der Waals surface area contributed by atoms with Gasteiger partial charge in [0, 0.05) is 6.07 Å². The summed E-state index contributed by atoms with van der Waals surface area (Å²) in [4.78, 5) is 10.6. The maximum absolute atomic E-state index is 10.6. The Labute approximate surface area is 106 Å². The number of carbonyl (C=O) groups is 1. The summed E-state index contributed by atoms with van der Waals surface area (Å²) >= 11 is 0. The van der Waals surface area contributed by atoms with Crippen molar-refractivity contribution >= 4 is 5.97 Å². The second-order valence-electron chi connectivity index (χ2n) is 5.45. The zero-order valence-electron chi connectivity index (χ0n) is 10.3. The molecule has 0 bridgehead atoms. The third-order valence-electron chi connectivity index (χ3n) is 3.91. The van der Waals surface area contributed by atoms with E-state index in [4.69, 9.17) is 9.63 Å². The Hall–Kier alpha value is -1.36. The molecule has 1 aromatic heterocycles. The minimum Gasteiger partial charge on any atom is -0.476 e. The lowest BCUT2D eigenvalue weighted by molar-refractivity contribution is 0.0685. The molecular weight excluding hydrogens is 232 g/mol. The van der Waals surface area contributed by atoms with E-state index in [1.165, 1.54) is 31.7 Å². The zero-order valence-corrected chi connectivity index (χ0v) is 10.3. The first kappa shape index (κ1) is 11.7. The van der Waals surface area contributed by atoms with Gasteiger partial charge in [-0.2, -0.15) is 0 Å². The monoisotopic (exact) mass is 250 g/mol. The molecule has 0 spiro atoms. The van der Waals surface area contributed by atoms with Crippen molar-refractivity contribution in [3.63, 3.8) is 0 Å². The number of carboxylic acids is 1. The van der Waals surface area contributed by atoms with Gasteiger partial charge in [-0.05, 0) is 50.0 Å². The lowest BCUT2D eigenvalue weighted by Gasteiger charge is -2.15. The molecule has 3 rings (SSSR count). The molecule has 0 saturated heterocycles. The average Bonchev–Trinajstić information content (AvgIpc) is 3.25. The number of carboxylic acid groups (broad SMARTS) is 1. The molecule has 2 aliphatic carbocycles. The molecule has 0 aliphatic heterocycles. The summed E-state index contributed by atoms with van der Waals surface area (Å²) in [6.45, 7) is 1.58. The van der Waals surface area contributed by atoms with Gasteiger partial charge in [0.25, 0.3) is 0 Å². The van der Waals surface area contributed by atoms with Crippen molar-refractivity contribution in [2.24, 2.45) is 17.8 Å². The summed E-state index contributed by atoms with van der Waals surface area (Å²) in [6, 6.07) is 1.48. The molecule has 2 aliphatic rings. The van der Waals surface area contributed by atoms with Crippen molar-refractivity contribution in [1.82, 2.24) is 10.5 Å². The lowest BCUT2D eigenvalue weighted by Crippen LogP contribution is -2.25. The largest absolute Gasteiger partial charge is 0.476 e. The van der Waals surface area contributed by atoms with Gasteiger partial charge >= 0.3 is 5.97 Å². The smallest absolute Gasteiger partial charge is 0.358 e. The van der Waals surface area contributed by atoms with Crippen LogP contribution >= 0.6 is 0 Å². The number of hydrogen-bond acceptors (Lipinski definition) is 4. The summed E-state index contributed by atoms with van der Waals surface area (Å²) in [5.74, 6) is 2.21. The van der Waals surface area contributed by atoms with E-state index in [-0.39, 0.29) is 5.69 Å². The van der Waals surface area contributed by atoms with E-state index in [0.717, 1.165) is 24.3 Å². The van der Waals surface area contributed by atoms with Gasteiger partial charge in [-0.1, -0.05) is 5.16 Å². The summed E-state index contributed by atoms with van der Waals surface area (Å²) in [6.07, 6.45) is 5.53. The van der Waals surface area contributed by atoms with Gasteiger partial charge in [-0.15, -0.1) is 0 Å². The van der Waals surface area contributed by atoms with E-state index in [1.54, 1.807) is 0 Å². The molecule has 0 unspecified atom stereocenters. The standard InChI is InChI=1S/C13H18N2O3/c16-13(17)12-5-10(18-15-12)6-14-7-11(8-1-2-8)9-3-4-9/h5,8-9,11,14H,1-4,6-7H2,(H,16,17). The van der Waals surface area contributed by atoms with Crippen LogP contribution in [-0.2, 0) is 6.54 Å². The first-order valence-corrected chi connectivity index (χ1v) is 6.63. The first-order chi connectivity index (χ1) is 8.74. The van der Waals surface area contributed by atoms with Crippen LogP contribution in [0.4, 0.5) is 0 Å². The molecular formula is C13H18N2O3. The van der Waals surface area contributed by atoms with Crippen molar-refractivity contribution in [3.8, 4) is 0 Å². The van der Waals surface area contributed by atoms with Crippen LogP contribution in [0.15, 0.2) is 10.6 Å². The Morgan fingerprint density at radius 3 is 2.61 bits per heavy atom. The van der Waals surface area contributed by atoms with E-state index in [9.17, 15) is 4.79 Å². The number of aromatic carboxylic acids is 1. The Kier molecular flexibility index (Phi) is 3.07. The highest BCUT2D eigenvalue weighted by Crippen LogP contribution is 2.48. The van der Waals surface area contributed by atoms with Crippen LogP contribution in [0.3, 0.4) is 0 Å². The number of rotatable bonds is 7. The van der Waals surface area contributed by atoms with Crippen LogP contribution in [0.1, 0.15) is 41.9 Å². The number of nitrogens with one attached hydrogen (secondary N) is 1. The van der Waals surface area contributed by atoms with E-state index in [1.807, 2.05) is 0 Å². The van der Waals surface area contributed by atoms with Crippen molar-refractivity contribution in [3.05, 3.63) is 17.5 Å². The predicted octanol–water partition coefficient (Wildman–Crippen LogP) is 1.90. The quantitative estimate of drug-likeness (QED) is 0.773. The molecule has 0 atom stereocenters. The van der Waals surface area contributed by atoms with Gasteiger partial charge in [0.2, 0.25) is 0 Å². The van der Waals surface area contributed by atoms with Gasteiger partial charge in [0.15, 0.2) is 11.5 Å². The normalized spacial score (nSPS) is 19.4. The highest BCUT2D eigenvalue weighted by atomic mass is 16.5. The van der Waals surface area contributed by atoms with Crippen LogP contribution < -0.4 is 5.32 Å². The maximum Gasteiger partial charge on any atom is 0.358 e. The molecule has 1 aromatic rings. The molecule has 5 nitrogen and oxygen atoms in total. The van der Waals surface area contributed by atoms with Crippen molar-refractivity contribution < 1.29 is 14.4 Å². The number of aromatic nitrogens is 1. The minimum absolute atomic E-state index is 0.0206. The van der Waals surface area contributed by atoms with Crippen molar-refractivity contribution in [2.45, 2.75) is 32.2 Å². The van der Waals surface area contributed by atoms with Crippen LogP contribution in [0.25, 0.3) is 0 Å². The fourth-order valence-corrected chi connectivity index (χ4v) is 2.63. The molecule has 0 radical (unpaired) electrons. The third-order valence-corrected chi connectivity index (χ3v) is 3.91. The van der Waals surface area contributed by atoms with E-state index in [0.29, 0.717) is 12.3 Å². The van der Waals surface area contributed by atoms with E-state index >= 15 is 0 Å². The molecule has 1 heterocycles. The molecule has 0 amide bonds. The fraction of sp³-hybridized carbons (Fsp3) is 0.692. The van der Waals surface area contributed by atoms with Gasteiger partial charge in [0.05, 0.1) is 6.54 Å². The molecule has 2 saturated carbocycles.